The van der Waals surface area contributed by atoms with E-state index in [0.717, 1.165) is 16.5 Å². The van der Waals surface area contributed by atoms with Gasteiger partial charge in [0.15, 0.2) is 5.78 Å². The standard InChI is InChI=1S/C15H17N3O2/c1-10(19)14(18-15(20)9-16-2)7-11-8-17-13-6-4-3-5-12(11)13/h3-8,16-17H,9H2,1-2H3,(H,18,20)/b14-7+. The molecule has 3 N–H and O–H groups in total. The average Bonchev–Trinajstić information content (AvgIpc) is 2.82. The second-order valence-electron chi connectivity index (χ2n) is 4.48. The number of para-hydroxylation sites is 1. The Hall–Kier alpha value is -2.40. The molecule has 1 aromatic heterocycles. The number of benzene rings is 1. The molecule has 0 aliphatic heterocycles. The zero-order valence-corrected chi connectivity index (χ0v) is 11.5. The highest BCUT2D eigenvalue weighted by Crippen LogP contribution is 2.19. The minimum Gasteiger partial charge on any atom is -0.361 e. The molecule has 0 bridgehead atoms. The van der Waals surface area contributed by atoms with Gasteiger partial charge < -0.3 is 15.6 Å². The first-order valence-electron chi connectivity index (χ1n) is 6.35. The molecule has 0 fully saturated rings. The molecular weight excluding hydrogens is 254 g/mol. The molecule has 0 aliphatic rings. The second-order valence-corrected chi connectivity index (χ2v) is 4.48. The van der Waals surface area contributed by atoms with E-state index in [2.05, 4.69) is 15.6 Å². The molecule has 0 aliphatic carbocycles. The van der Waals surface area contributed by atoms with E-state index in [-0.39, 0.29) is 23.9 Å². The number of hydrogen-bond donors (Lipinski definition) is 3. The fraction of sp³-hybridized carbons (Fsp3) is 0.200. The van der Waals surface area contributed by atoms with Crippen molar-refractivity contribution < 1.29 is 9.59 Å². The Labute approximate surface area is 117 Å². The van der Waals surface area contributed by atoms with Gasteiger partial charge in [-0.15, -0.1) is 0 Å². The molecule has 5 heteroatoms. The normalized spacial score (nSPS) is 11.6. The van der Waals surface area contributed by atoms with E-state index >= 15 is 0 Å². The lowest BCUT2D eigenvalue weighted by molar-refractivity contribution is -0.121. The summed E-state index contributed by atoms with van der Waals surface area (Å²) in [7, 11) is 1.68. The van der Waals surface area contributed by atoms with Crippen LogP contribution < -0.4 is 10.6 Å². The van der Waals surface area contributed by atoms with Gasteiger partial charge in [0, 0.05) is 29.6 Å². The average molecular weight is 271 g/mol. The van der Waals surface area contributed by atoms with Gasteiger partial charge in [0.25, 0.3) is 0 Å². The topological polar surface area (TPSA) is 74.0 Å². The molecule has 104 valence electrons. The summed E-state index contributed by atoms with van der Waals surface area (Å²) in [5.74, 6) is -0.423. The number of amides is 1. The Morgan fingerprint density at radius 3 is 2.75 bits per heavy atom. The zero-order valence-electron chi connectivity index (χ0n) is 11.5. The Morgan fingerprint density at radius 2 is 2.05 bits per heavy atom. The maximum Gasteiger partial charge on any atom is 0.238 e. The van der Waals surface area contributed by atoms with Crippen LogP contribution in [-0.2, 0) is 9.59 Å². The maximum absolute atomic E-state index is 11.6. The van der Waals surface area contributed by atoms with Crippen LogP contribution in [0.2, 0.25) is 0 Å². The van der Waals surface area contributed by atoms with Crippen LogP contribution in [0.3, 0.4) is 0 Å². The number of fused-ring (bicyclic) bond motifs is 1. The van der Waals surface area contributed by atoms with Crippen LogP contribution in [0.5, 0.6) is 0 Å². The van der Waals surface area contributed by atoms with Gasteiger partial charge in [0.05, 0.1) is 12.2 Å². The van der Waals surface area contributed by atoms with Crippen LogP contribution >= 0.6 is 0 Å². The summed E-state index contributed by atoms with van der Waals surface area (Å²) in [6.45, 7) is 1.60. The number of carbonyl (C=O) groups excluding carboxylic acids is 2. The summed E-state index contributed by atoms with van der Waals surface area (Å²) in [6, 6.07) is 7.79. The van der Waals surface area contributed by atoms with Gasteiger partial charge in [-0.2, -0.15) is 0 Å². The van der Waals surface area contributed by atoms with Crippen molar-refractivity contribution in [1.82, 2.24) is 15.6 Å². The van der Waals surface area contributed by atoms with Gasteiger partial charge in [0.2, 0.25) is 5.91 Å². The monoisotopic (exact) mass is 271 g/mol. The Balaban J connectivity index is 2.33. The van der Waals surface area contributed by atoms with Crippen LogP contribution in [0.15, 0.2) is 36.2 Å². The third kappa shape index (κ3) is 3.13. The highest BCUT2D eigenvalue weighted by atomic mass is 16.2. The van der Waals surface area contributed by atoms with Crippen molar-refractivity contribution in [2.24, 2.45) is 0 Å². The molecule has 0 saturated heterocycles. The van der Waals surface area contributed by atoms with E-state index in [1.165, 1.54) is 6.92 Å². The first-order valence-corrected chi connectivity index (χ1v) is 6.35. The van der Waals surface area contributed by atoms with Crippen LogP contribution in [-0.4, -0.2) is 30.3 Å². The molecule has 0 spiro atoms. The van der Waals surface area contributed by atoms with Crippen molar-refractivity contribution in [3.63, 3.8) is 0 Å². The SMILES string of the molecule is CNCC(=O)N/C(=C/c1c[nH]c2ccccc12)C(C)=O. The van der Waals surface area contributed by atoms with Crippen LogP contribution in [0, 0.1) is 0 Å². The summed E-state index contributed by atoms with van der Waals surface area (Å²) >= 11 is 0. The van der Waals surface area contributed by atoms with Crippen LogP contribution in [0.25, 0.3) is 17.0 Å². The lowest BCUT2D eigenvalue weighted by atomic mass is 10.1. The van der Waals surface area contributed by atoms with Crippen molar-refractivity contribution in [3.8, 4) is 0 Å². The minimum absolute atomic E-state index is 0.165. The third-order valence-corrected chi connectivity index (χ3v) is 2.91. The Morgan fingerprint density at radius 1 is 1.30 bits per heavy atom. The van der Waals surface area contributed by atoms with Gasteiger partial charge >= 0.3 is 0 Å². The van der Waals surface area contributed by atoms with Crippen molar-refractivity contribution in [2.45, 2.75) is 6.92 Å². The molecule has 0 unspecified atom stereocenters. The Kier molecular flexibility index (Phi) is 4.32. The summed E-state index contributed by atoms with van der Waals surface area (Å²) in [6.07, 6.45) is 3.51. The van der Waals surface area contributed by atoms with Crippen molar-refractivity contribution in [2.75, 3.05) is 13.6 Å². The van der Waals surface area contributed by atoms with Crippen LogP contribution in [0.1, 0.15) is 12.5 Å². The number of ketones is 1. The van der Waals surface area contributed by atoms with Crippen molar-refractivity contribution >= 4 is 28.7 Å². The predicted octanol–water partition coefficient (Wildman–Crippen LogP) is 1.43. The lowest BCUT2D eigenvalue weighted by Gasteiger charge is -2.06. The zero-order chi connectivity index (χ0) is 14.5. The summed E-state index contributed by atoms with van der Waals surface area (Å²) in [5, 5.41) is 6.37. The number of likely N-dealkylation sites (N-methyl/N-ethyl adjacent to an activating group) is 1. The summed E-state index contributed by atoms with van der Waals surface area (Å²) < 4.78 is 0. The van der Waals surface area contributed by atoms with E-state index in [4.69, 9.17) is 0 Å². The lowest BCUT2D eigenvalue weighted by Crippen LogP contribution is -2.33. The number of rotatable bonds is 5. The molecule has 0 radical (unpaired) electrons. The number of H-pyrrole nitrogens is 1. The fourth-order valence-corrected chi connectivity index (χ4v) is 1.95. The van der Waals surface area contributed by atoms with Gasteiger partial charge in [-0.25, -0.2) is 0 Å². The molecule has 2 aromatic rings. The maximum atomic E-state index is 11.6. The van der Waals surface area contributed by atoms with Crippen LogP contribution in [0.4, 0.5) is 0 Å². The fourth-order valence-electron chi connectivity index (χ4n) is 1.95. The molecule has 2 rings (SSSR count). The molecule has 1 heterocycles. The van der Waals surface area contributed by atoms with Gasteiger partial charge in [0.1, 0.15) is 0 Å². The Bertz CT molecular complexity index is 671. The predicted molar refractivity (Wildman–Crippen MR) is 79.0 cm³/mol. The smallest absolute Gasteiger partial charge is 0.238 e. The molecule has 1 aromatic carbocycles. The number of carbonyl (C=O) groups is 2. The van der Waals surface area contributed by atoms with E-state index in [1.807, 2.05) is 30.5 Å². The highest BCUT2D eigenvalue weighted by Gasteiger charge is 2.10. The quantitative estimate of drug-likeness (QED) is 0.720. The third-order valence-electron chi connectivity index (χ3n) is 2.91. The first kappa shape index (κ1) is 14.0. The molecule has 0 saturated carbocycles. The van der Waals surface area contributed by atoms with Gasteiger partial charge in [-0.1, -0.05) is 18.2 Å². The number of nitrogens with one attached hydrogen (secondary N) is 3. The number of aromatic nitrogens is 1. The molecule has 1 amide bonds. The second kappa shape index (κ2) is 6.16. The number of hydrogen-bond acceptors (Lipinski definition) is 3. The number of allylic oxidation sites excluding steroid dienone is 1. The van der Waals surface area contributed by atoms with Crippen molar-refractivity contribution in [1.29, 1.82) is 0 Å². The largest absolute Gasteiger partial charge is 0.361 e. The summed E-state index contributed by atoms with van der Waals surface area (Å²) in [5.41, 5.74) is 2.15. The van der Waals surface area contributed by atoms with Crippen molar-refractivity contribution in [3.05, 3.63) is 41.7 Å². The van der Waals surface area contributed by atoms with E-state index in [9.17, 15) is 9.59 Å². The molecule has 20 heavy (non-hydrogen) atoms. The van der Waals surface area contributed by atoms with E-state index in [0.29, 0.717) is 0 Å². The van der Waals surface area contributed by atoms with Gasteiger partial charge in [-0.05, 0) is 19.2 Å². The highest BCUT2D eigenvalue weighted by molar-refractivity contribution is 6.03. The number of Topliss-reactive ketones (excluding diaryl/α,β-unsaturated/α-hetero) is 1. The molecular formula is C15H17N3O2. The first-order chi connectivity index (χ1) is 9.61. The minimum atomic E-state index is -0.242. The molecule has 0 atom stereocenters. The van der Waals surface area contributed by atoms with E-state index < -0.39 is 0 Å². The van der Waals surface area contributed by atoms with Gasteiger partial charge in [-0.3, -0.25) is 9.59 Å². The van der Waals surface area contributed by atoms with E-state index in [1.54, 1.807) is 13.1 Å². The number of aromatic amines is 1. The molecule has 5 nitrogen and oxygen atoms in total. The summed E-state index contributed by atoms with van der Waals surface area (Å²) in [4.78, 5) is 26.3.